The lowest BCUT2D eigenvalue weighted by Gasteiger charge is -2.36. The van der Waals surface area contributed by atoms with Gasteiger partial charge in [0, 0.05) is 11.5 Å². The summed E-state index contributed by atoms with van der Waals surface area (Å²) in [6.07, 6.45) is 4.26. The summed E-state index contributed by atoms with van der Waals surface area (Å²) in [6, 6.07) is 21.3. The molecule has 0 fully saturated rings. The largest absolute Gasteiger partial charge is 0.492 e. The molecule has 0 N–H and O–H groups in total. The third-order valence-corrected chi connectivity index (χ3v) is 7.05. The Balaban J connectivity index is 1.47. The van der Waals surface area contributed by atoms with Crippen LogP contribution in [0.2, 0.25) is 0 Å². The molecule has 3 heteroatoms. The van der Waals surface area contributed by atoms with Gasteiger partial charge in [-0.1, -0.05) is 69.3 Å². The summed E-state index contributed by atoms with van der Waals surface area (Å²) in [5, 5.41) is 0. The lowest BCUT2D eigenvalue weighted by atomic mass is 9.79. The lowest BCUT2D eigenvalue weighted by molar-refractivity contribution is 0.156. The van der Waals surface area contributed by atoms with Gasteiger partial charge in [-0.05, 0) is 66.7 Å². The van der Waals surface area contributed by atoms with Gasteiger partial charge in [-0.15, -0.1) is 0 Å². The van der Waals surface area contributed by atoms with Crippen molar-refractivity contribution in [3.05, 3.63) is 94.6 Å². The van der Waals surface area contributed by atoms with E-state index in [0.717, 1.165) is 22.8 Å². The van der Waals surface area contributed by atoms with Gasteiger partial charge in [-0.25, -0.2) is 0 Å². The summed E-state index contributed by atoms with van der Waals surface area (Å²) in [5.41, 5.74) is 5.65. The van der Waals surface area contributed by atoms with E-state index in [-0.39, 0.29) is 11.5 Å². The average Bonchev–Trinajstić information content (AvgIpc) is 2.82. The molecule has 0 saturated heterocycles. The van der Waals surface area contributed by atoms with Crippen LogP contribution in [0, 0.1) is 0 Å². The molecule has 2 atom stereocenters. The van der Waals surface area contributed by atoms with E-state index in [1.165, 1.54) is 22.3 Å². The number of rotatable bonds is 5. The summed E-state index contributed by atoms with van der Waals surface area (Å²) in [5.74, 6) is 3.76. The van der Waals surface area contributed by atoms with Crippen LogP contribution in [0.4, 0.5) is 0 Å². The van der Waals surface area contributed by atoms with Crippen LogP contribution >= 0.6 is 0 Å². The molecule has 0 bridgehead atoms. The molecule has 2 aliphatic rings. The molecule has 34 heavy (non-hydrogen) atoms. The minimum Gasteiger partial charge on any atom is -0.492 e. The molecule has 0 aromatic heterocycles. The molecule has 176 valence electrons. The van der Waals surface area contributed by atoms with Crippen molar-refractivity contribution in [2.45, 2.75) is 64.6 Å². The van der Waals surface area contributed by atoms with Gasteiger partial charge in [0.25, 0.3) is 0 Å². The molecule has 0 radical (unpaired) electrons. The number of hydrogen-bond acceptors (Lipinski definition) is 3. The van der Waals surface area contributed by atoms with E-state index in [1.807, 2.05) is 6.07 Å². The number of fused-ring (bicyclic) bond motifs is 3. The molecule has 0 aliphatic carbocycles. The molecule has 0 spiro atoms. The lowest BCUT2D eigenvalue weighted by Crippen LogP contribution is -2.29. The smallest absolute Gasteiger partial charge is 0.133 e. The zero-order chi connectivity index (χ0) is 23.9. The maximum atomic E-state index is 6.44. The molecule has 0 amide bonds. The van der Waals surface area contributed by atoms with Gasteiger partial charge >= 0.3 is 0 Å². The maximum Gasteiger partial charge on any atom is 0.133 e. The first kappa shape index (κ1) is 22.6. The van der Waals surface area contributed by atoms with Crippen molar-refractivity contribution in [2.24, 2.45) is 0 Å². The predicted octanol–water partition coefficient (Wildman–Crippen LogP) is 7.85. The van der Waals surface area contributed by atoms with Gasteiger partial charge in [-0.3, -0.25) is 0 Å². The Kier molecular flexibility index (Phi) is 5.89. The normalized spacial score (nSPS) is 20.2. The fourth-order valence-electron chi connectivity index (χ4n) is 4.94. The third kappa shape index (κ3) is 4.32. The van der Waals surface area contributed by atoms with Crippen LogP contribution in [0.1, 0.15) is 80.2 Å². The highest BCUT2D eigenvalue weighted by atomic mass is 16.5. The first-order valence-electron chi connectivity index (χ1n) is 12.3. The van der Waals surface area contributed by atoms with E-state index in [2.05, 4.69) is 101 Å². The quantitative estimate of drug-likeness (QED) is 0.393. The van der Waals surface area contributed by atoms with Crippen molar-refractivity contribution in [2.75, 3.05) is 6.61 Å². The summed E-state index contributed by atoms with van der Waals surface area (Å²) < 4.78 is 19.0. The molecule has 2 aliphatic heterocycles. The second-order valence-electron chi connectivity index (χ2n) is 10.4. The monoisotopic (exact) mass is 454 g/mol. The van der Waals surface area contributed by atoms with E-state index in [0.29, 0.717) is 25.0 Å². The van der Waals surface area contributed by atoms with Crippen LogP contribution in [0.5, 0.6) is 17.2 Å². The van der Waals surface area contributed by atoms with E-state index >= 15 is 0 Å². The first-order valence-corrected chi connectivity index (χ1v) is 12.3. The highest BCUT2D eigenvalue weighted by molar-refractivity contribution is 5.70. The second kappa shape index (κ2) is 8.87. The van der Waals surface area contributed by atoms with Crippen molar-refractivity contribution in [3.8, 4) is 17.2 Å². The molecule has 3 aromatic carbocycles. The Morgan fingerprint density at radius 2 is 1.76 bits per heavy atom. The predicted molar refractivity (Wildman–Crippen MR) is 138 cm³/mol. The van der Waals surface area contributed by atoms with Gasteiger partial charge < -0.3 is 14.2 Å². The van der Waals surface area contributed by atoms with Gasteiger partial charge in [0.15, 0.2) is 0 Å². The minimum atomic E-state index is -0.298. The molecule has 3 aromatic rings. The van der Waals surface area contributed by atoms with E-state index < -0.39 is 0 Å². The summed E-state index contributed by atoms with van der Waals surface area (Å²) in [7, 11) is 0. The van der Waals surface area contributed by atoms with Crippen LogP contribution in [-0.4, -0.2) is 12.2 Å². The zero-order valence-electron chi connectivity index (χ0n) is 20.8. The van der Waals surface area contributed by atoms with Crippen molar-refractivity contribution >= 4 is 6.08 Å². The van der Waals surface area contributed by atoms with Gasteiger partial charge in [-0.2, -0.15) is 0 Å². The van der Waals surface area contributed by atoms with Crippen molar-refractivity contribution in [3.63, 3.8) is 0 Å². The first-order chi connectivity index (χ1) is 16.3. The molecular formula is C31H34O3. The summed E-state index contributed by atoms with van der Waals surface area (Å²) in [6.45, 7) is 12.1. The molecule has 0 saturated carbocycles. The highest BCUT2D eigenvalue weighted by Gasteiger charge is 2.34. The van der Waals surface area contributed by atoms with Crippen LogP contribution in [0.25, 0.3) is 6.08 Å². The van der Waals surface area contributed by atoms with Gasteiger partial charge in [0.1, 0.15) is 29.5 Å². The van der Waals surface area contributed by atoms with E-state index in [1.54, 1.807) is 0 Å². The SMILES string of the molecule is CC(C)c1ccc(C2COc3c(ccc4c3C=CC(C)(C)O4)C2C)c(OCc2ccccc2)c1. The van der Waals surface area contributed by atoms with Crippen molar-refractivity contribution in [1.82, 2.24) is 0 Å². The fourth-order valence-corrected chi connectivity index (χ4v) is 4.94. The molecule has 2 unspecified atom stereocenters. The molecular weight excluding hydrogens is 420 g/mol. The Bertz CT molecular complexity index is 1210. The molecule has 2 heterocycles. The number of ether oxygens (including phenoxy) is 3. The van der Waals surface area contributed by atoms with Crippen LogP contribution < -0.4 is 14.2 Å². The Hall–Kier alpha value is -3.20. The van der Waals surface area contributed by atoms with Crippen molar-refractivity contribution < 1.29 is 14.2 Å². The number of benzene rings is 3. The zero-order valence-corrected chi connectivity index (χ0v) is 20.8. The van der Waals surface area contributed by atoms with Crippen molar-refractivity contribution in [1.29, 1.82) is 0 Å². The minimum absolute atomic E-state index is 0.211. The molecule has 5 rings (SSSR count). The number of hydrogen-bond donors (Lipinski definition) is 0. The second-order valence-corrected chi connectivity index (χ2v) is 10.4. The van der Waals surface area contributed by atoms with Gasteiger partial charge in [0.05, 0.1) is 12.2 Å². The van der Waals surface area contributed by atoms with Crippen LogP contribution in [0.15, 0.2) is 66.7 Å². The Morgan fingerprint density at radius 1 is 1.00 bits per heavy atom. The Morgan fingerprint density at radius 3 is 2.53 bits per heavy atom. The summed E-state index contributed by atoms with van der Waals surface area (Å²) >= 11 is 0. The summed E-state index contributed by atoms with van der Waals surface area (Å²) in [4.78, 5) is 0. The fraction of sp³-hybridized carbons (Fsp3) is 0.355. The Labute approximate surface area is 203 Å². The maximum absolute atomic E-state index is 6.44. The standard InChI is InChI=1S/C31H34O3/c1-20(2)23-11-12-25(29(17-23)32-18-22-9-7-6-8-10-22)27-19-33-30-24(21(27)3)13-14-28-26(30)15-16-31(4,5)34-28/h6-17,20-21,27H,18-19H2,1-5H3. The topological polar surface area (TPSA) is 27.7 Å². The van der Waals surface area contributed by atoms with E-state index in [9.17, 15) is 0 Å². The molecule has 3 nitrogen and oxygen atoms in total. The average molecular weight is 455 g/mol. The van der Waals surface area contributed by atoms with Crippen LogP contribution in [-0.2, 0) is 6.61 Å². The van der Waals surface area contributed by atoms with Gasteiger partial charge in [0.2, 0.25) is 0 Å². The third-order valence-electron chi connectivity index (χ3n) is 7.05. The van der Waals surface area contributed by atoms with Crippen LogP contribution in [0.3, 0.4) is 0 Å². The highest BCUT2D eigenvalue weighted by Crippen LogP contribution is 2.49. The van der Waals surface area contributed by atoms with E-state index in [4.69, 9.17) is 14.2 Å².